The molecule has 2 aromatic carbocycles. The molecule has 0 saturated carbocycles. The van der Waals surface area contributed by atoms with Gasteiger partial charge in [-0.3, -0.25) is 19.3 Å². The van der Waals surface area contributed by atoms with E-state index < -0.39 is 11.1 Å². The number of ether oxygens (including phenoxy) is 1. The third kappa shape index (κ3) is 4.44. The number of fused-ring (bicyclic) bond motifs is 1. The van der Waals surface area contributed by atoms with Crippen molar-refractivity contribution in [1.82, 2.24) is 14.4 Å². The summed E-state index contributed by atoms with van der Waals surface area (Å²) in [7, 11) is 0. The molecule has 3 amide bonds. The van der Waals surface area contributed by atoms with Gasteiger partial charge in [-0.05, 0) is 60.8 Å². The summed E-state index contributed by atoms with van der Waals surface area (Å²) < 4.78 is 8.46. The number of hydrogen-bond acceptors (Lipinski definition) is 5. The number of aromatic nitrogens is 1. The summed E-state index contributed by atoms with van der Waals surface area (Å²) in [5.41, 5.74) is 3.89. The number of hydrogen-bond donors (Lipinski definition) is 0. The molecule has 2 aliphatic heterocycles. The molecule has 0 spiro atoms. The molecule has 0 radical (unpaired) electrons. The van der Waals surface area contributed by atoms with Crippen LogP contribution in [0.1, 0.15) is 17.0 Å². The molecule has 2 saturated heterocycles. The zero-order valence-electron chi connectivity index (χ0n) is 19.4. The Morgan fingerprint density at radius 2 is 1.80 bits per heavy atom. The van der Waals surface area contributed by atoms with E-state index in [0.29, 0.717) is 31.2 Å². The van der Waals surface area contributed by atoms with Crippen LogP contribution in [0.4, 0.5) is 4.79 Å². The smallest absolute Gasteiger partial charge is 0.294 e. The van der Waals surface area contributed by atoms with E-state index in [9.17, 15) is 14.4 Å². The van der Waals surface area contributed by atoms with Gasteiger partial charge in [0.15, 0.2) is 0 Å². The molecule has 0 N–H and O–H groups in total. The maximum absolute atomic E-state index is 13.0. The highest BCUT2D eigenvalue weighted by atomic mass is 79.9. The molecule has 7 nitrogen and oxygen atoms in total. The second-order valence-electron chi connectivity index (χ2n) is 8.53. The van der Waals surface area contributed by atoms with Gasteiger partial charge in [0, 0.05) is 34.3 Å². The normalized spacial score (nSPS) is 17.7. The lowest BCUT2D eigenvalue weighted by Crippen LogP contribution is -2.46. The summed E-state index contributed by atoms with van der Waals surface area (Å²) in [4.78, 5) is 41.2. The van der Waals surface area contributed by atoms with Crippen molar-refractivity contribution >= 4 is 61.6 Å². The van der Waals surface area contributed by atoms with Gasteiger partial charge >= 0.3 is 0 Å². The van der Waals surface area contributed by atoms with Crippen molar-refractivity contribution in [3.63, 3.8) is 0 Å². The number of morpholine rings is 1. The highest BCUT2D eigenvalue weighted by molar-refractivity contribution is 9.10. The van der Waals surface area contributed by atoms with E-state index >= 15 is 0 Å². The topological polar surface area (TPSA) is 71.9 Å². The minimum Gasteiger partial charge on any atom is -0.378 e. The van der Waals surface area contributed by atoms with Crippen molar-refractivity contribution in [1.29, 1.82) is 0 Å². The fourth-order valence-electron chi connectivity index (χ4n) is 4.57. The summed E-state index contributed by atoms with van der Waals surface area (Å²) in [6, 6.07) is 14.3. The number of rotatable bonds is 4. The molecule has 3 aromatic rings. The first-order valence-electron chi connectivity index (χ1n) is 11.3. The molecular formula is C26H24BrN3O4S. The molecule has 3 heterocycles. The van der Waals surface area contributed by atoms with Crippen molar-refractivity contribution in [2.75, 3.05) is 32.8 Å². The zero-order valence-corrected chi connectivity index (χ0v) is 21.8. The fraction of sp³-hybridized carbons (Fsp3) is 0.269. The molecule has 0 unspecified atom stereocenters. The number of benzene rings is 2. The quantitative estimate of drug-likeness (QED) is 0.429. The Morgan fingerprint density at radius 1 is 1.09 bits per heavy atom. The Balaban J connectivity index is 1.44. The molecule has 35 heavy (non-hydrogen) atoms. The first kappa shape index (κ1) is 23.8. The molecule has 2 aliphatic rings. The van der Waals surface area contributed by atoms with Crippen LogP contribution >= 0.6 is 27.7 Å². The van der Waals surface area contributed by atoms with Crippen molar-refractivity contribution < 1.29 is 19.1 Å². The molecule has 1 aromatic heterocycles. The van der Waals surface area contributed by atoms with Crippen LogP contribution in [0.2, 0.25) is 0 Å². The van der Waals surface area contributed by atoms with Crippen LogP contribution in [0, 0.1) is 13.8 Å². The van der Waals surface area contributed by atoms with Gasteiger partial charge in [-0.25, -0.2) is 0 Å². The maximum Gasteiger partial charge on any atom is 0.294 e. The monoisotopic (exact) mass is 553 g/mol. The molecule has 9 heteroatoms. The average molecular weight is 554 g/mol. The number of aryl methyl sites for hydroxylation is 1. The molecule has 5 rings (SSSR count). The van der Waals surface area contributed by atoms with Gasteiger partial charge in [0.25, 0.3) is 11.1 Å². The third-order valence-corrected chi connectivity index (χ3v) is 7.98. The predicted molar refractivity (Wildman–Crippen MR) is 141 cm³/mol. The summed E-state index contributed by atoms with van der Waals surface area (Å²) >= 11 is 4.51. The third-order valence-electron chi connectivity index (χ3n) is 6.38. The van der Waals surface area contributed by atoms with Crippen molar-refractivity contribution in [3.05, 3.63) is 68.8 Å². The van der Waals surface area contributed by atoms with Crippen LogP contribution in [-0.4, -0.2) is 64.3 Å². The molecule has 0 aliphatic carbocycles. The first-order valence-corrected chi connectivity index (χ1v) is 12.9. The number of amides is 3. The number of nitrogens with zero attached hydrogens (tertiary/aromatic N) is 3. The first-order chi connectivity index (χ1) is 16.8. The van der Waals surface area contributed by atoms with Gasteiger partial charge in [0.2, 0.25) is 5.91 Å². The van der Waals surface area contributed by atoms with E-state index in [1.807, 2.05) is 38.1 Å². The van der Waals surface area contributed by atoms with Gasteiger partial charge in [-0.15, -0.1) is 0 Å². The Hall–Kier alpha value is -2.88. The summed E-state index contributed by atoms with van der Waals surface area (Å²) in [5, 5.41) is 1.80. The van der Waals surface area contributed by atoms with Gasteiger partial charge in [-0.1, -0.05) is 40.2 Å². The second-order valence-corrected chi connectivity index (χ2v) is 10.4. The SMILES string of the molecule is Cc1cc(/C=C2\SC(=O)N(CC(=O)N3CCOCC3)C2=O)c(C)n1-c1ccc(Br)c2ccccc12. The van der Waals surface area contributed by atoms with Gasteiger partial charge < -0.3 is 14.2 Å². The van der Waals surface area contributed by atoms with E-state index in [1.54, 1.807) is 11.0 Å². The lowest BCUT2D eigenvalue weighted by Gasteiger charge is -2.28. The van der Waals surface area contributed by atoms with E-state index in [0.717, 1.165) is 54.5 Å². The maximum atomic E-state index is 13.0. The standard InChI is InChI=1S/C26H24BrN3O4S/c1-16-13-18(17(2)30(16)22-8-7-21(27)19-5-3-4-6-20(19)22)14-23-25(32)29(26(33)35-23)15-24(31)28-9-11-34-12-10-28/h3-8,13-14H,9-12,15H2,1-2H3/b23-14-. The minimum atomic E-state index is -0.430. The average Bonchev–Trinajstić information content (AvgIpc) is 3.29. The van der Waals surface area contributed by atoms with Crippen molar-refractivity contribution in [3.8, 4) is 5.69 Å². The number of carbonyl (C=O) groups is 3. The van der Waals surface area contributed by atoms with Gasteiger partial charge in [-0.2, -0.15) is 0 Å². The predicted octanol–water partition coefficient (Wildman–Crippen LogP) is 4.90. The van der Waals surface area contributed by atoms with Crippen LogP contribution in [0.25, 0.3) is 22.5 Å². The molecule has 180 valence electrons. The largest absolute Gasteiger partial charge is 0.378 e. The number of thioether (sulfide) groups is 1. The zero-order chi connectivity index (χ0) is 24.7. The summed E-state index contributed by atoms with van der Waals surface area (Å²) in [6.45, 7) is 5.67. The van der Waals surface area contributed by atoms with Crippen LogP contribution in [0.15, 0.2) is 51.8 Å². The Labute approximate surface area is 215 Å². The summed E-state index contributed by atoms with van der Waals surface area (Å²) in [6.07, 6.45) is 1.75. The molecule has 0 atom stereocenters. The number of halogens is 1. The molecule has 2 fully saturated rings. The fourth-order valence-corrected chi connectivity index (χ4v) is 5.88. The van der Waals surface area contributed by atoms with Crippen molar-refractivity contribution in [2.45, 2.75) is 13.8 Å². The number of imide groups is 1. The highest BCUT2D eigenvalue weighted by Crippen LogP contribution is 2.35. The minimum absolute atomic E-state index is 0.239. The highest BCUT2D eigenvalue weighted by Gasteiger charge is 2.37. The van der Waals surface area contributed by atoms with Gasteiger partial charge in [0.05, 0.1) is 23.8 Å². The Bertz CT molecular complexity index is 1390. The van der Waals surface area contributed by atoms with Crippen LogP contribution < -0.4 is 0 Å². The summed E-state index contributed by atoms with van der Waals surface area (Å²) in [5.74, 6) is -0.669. The molecular weight excluding hydrogens is 530 g/mol. The van der Waals surface area contributed by atoms with E-state index in [1.165, 1.54) is 0 Å². The van der Waals surface area contributed by atoms with Crippen LogP contribution in [0.3, 0.4) is 0 Å². The van der Waals surface area contributed by atoms with Crippen LogP contribution in [0.5, 0.6) is 0 Å². The number of carbonyl (C=O) groups excluding carboxylic acids is 3. The Kier molecular flexibility index (Phi) is 6.57. The Morgan fingerprint density at radius 3 is 2.54 bits per heavy atom. The van der Waals surface area contributed by atoms with E-state index in [-0.39, 0.29) is 12.5 Å². The van der Waals surface area contributed by atoms with Gasteiger partial charge in [0.1, 0.15) is 6.54 Å². The van der Waals surface area contributed by atoms with E-state index in [4.69, 9.17) is 4.74 Å². The van der Waals surface area contributed by atoms with Crippen LogP contribution in [-0.2, 0) is 14.3 Å². The van der Waals surface area contributed by atoms with E-state index in [2.05, 4.69) is 38.7 Å². The second kappa shape index (κ2) is 9.64. The van der Waals surface area contributed by atoms with Crippen molar-refractivity contribution in [2.24, 2.45) is 0 Å². The lowest BCUT2D eigenvalue weighted by atomic mass is 10.1. The molecule has 0 bridgehead atoms. The lowest BCUT2D eigenvalue weighted by molar-refractivity contribution is -0.139.